The van der Waals surface area contributed by atoms with Crippen LogP contribution < -0.4 is 10.1 Å². The minimum atomic E-state index is 0.780. The third kappa shape index (κ3) is 4.09. The quantitative estimate of drug-likeness (QED) is 0.810. The van der Waals surface area contributed by atoms with Crippen LogP contribution in [0.5, 0.6) is 11.5 Å². The second kappa shape index (κ2) is 7.46. The molecule has 2 rings (SSSR count). The average molecular weight is 334 g/mol. The highest BCUT2D eigenvalue weighted by molar-refractivity contribution is 9.10. The van der Waals surface area contributed by atoms with Gasteiger partial charge >= 0.3 is 0 Å². The van der Waals surface area contributed by atoms with Gasteiger partial charge in [-0.2, -0.15) is 0 Å². The van der Waals surface area contributed by atoms with Gasteiger partial charge in [-0.25, -0.2) is 0 Å². The predicted molar refractivity (Wildman–Crippen MR) is 87.4 cm³/mol. The Balaban J connectivity index is 2.16. The number of ether oxygens (including phenoxy) is 1. The number of halogens is 1. The Bertz CT molecular complexity index is 551. The van der Waals surface area contributed by atoms with E-state index in [1.807, 2.05) is 31.3 Å². The lowest BCUT2D eigenvalue weighted by Gasteiger charge is -2.12. The first-order chi connectivity index (χ1) is 9.72. The van der Waals surface area contributed by atoms with Crippen molar-refractivity contribution in [1.82, 2.24) is 5.32 Å². The fourth-order valence-electron chi connectivity index (χ4n) is 2.12. The van der Waals surface area contributed by atoms with Crippen molar-refractivity contribution in [3.05, 3.63) is 58.1 Å². The Kier molecular flexibility index (Phi) is 5.62. The maximum Gasteiger partial charge on any atom is 0.131 e. The molecule has 2 aromatic carbocycles. The Hall–Kier alpha value is -1.32. The van der Waals surface area contributed by atoms with Gasteiger partial charge in [-0.3, -0.25) is 0 Å². The standard InChI is InChI=1S/C17H20BrNO/c1-3-4-13-5-8-16(9-6-13)20-17-10-7-15(18)11-14(17)12-19-2/h5-11,19H,3-4,12H2,1-2H3. The van der Waals surface area contributed by atoms with E-state index in [0.717, 1.165) is 34.5 Å². The second-order valence-electron chi connectivity index (χ2n) is 4.78. The third-order valence-electron chi connectivity index (χ3n) is 3.08. The summed E-state index contributed by atoms with van der Waals surface area (Å²) in [6.07, 6.45) is 2.28. The summed E-state index contributed by atoms with van der Waals surface area (Å²) in [6, 6.07) is 14.4. The number of hydrogen-bond acceptors (Lipinski definition) is 2. The van der Waals surface area contributed by atoms with Gasteiger partial charge in [0.05, 0.1) is 0 Å². The maximum atomic E-state index is 5.99. The van der Waals surface area contributed by atoms with Gasteiger partial charge in [-0.15, -0.1) is 0 Å². The topological polar surface area (TPSA) is 21.3 Å². The summed E-state index contributed by atoms with van der Waals surface area (Å²) >= 11 is 3.50. The van der Waals surface area contributed by atoms with Gasteiger partial charge in [0.2, 0.25) is 0 Å². The van der Waals surface area contributed by atoms with Crippen molar-refractivity contribution in [2.24, 2.45) is 0 Å². The molecule has 106 valence electrons. The molecule has 0 radical (unpaired) electrons. The Morgan fingerprint density at radius 2 is 1.85 bits per heavy atom. The van der Waals surface area contributed by atoms with Crippen molar-refractivity contribution >= 4 is 15.9 Å². The minimum absolute atomic E-state index is 0.780. The predicted octanol–water partition coefficient (Wildman–Crippen LogP) is 4.91. The minimum Gasteiger partial charge on any atom is -0.457 e. The zero-order valence-electron chi connectivity index (χ0n) is 11.9. The van der Waals surface area contributed by atoms with Crippen molar-refractivity contribution in [1.29, 1.82) is 0 Å². The van der Waals surface area contributed by atoms with Crippen LogP contribution in [0.2, 0.25) is 0 Å². The average Bonchev–Trinajstić information content (AvgIpc) is 2.44. The SMILES string of the molecule is CCCc1ccc(Oc2ccc(Br)cc2CNC)cc1. The van der Waals surface area contributed by atoms with Gasteiger partial charge in [0, 0.05) is 16.6 Å². The van der Waals surface area contributed by atoms with E-state index < -0.39 is 0 Å². The number of aryl methyl sites for hydroxylation is 1. The maximum absolute atomic E-state index is 5.99. The fraction of sp³-hybridized carbons (Fsp3) is 0.294. The van der Waals surface area contributed by atoms with Crippen LogP contribution in [0.25, 0.3) is 0 Å². The van der Waals surface area contributed by atoms with Crippen LogP contribution in [0.1, 0.15) is 24.5 Å². The smallest absolute Gasteiger partial charge is 0.131 e. The molecule has 0 heterocycles. The molecule has 20 heavy (non-hydrogen) atoms. The van der Waals surface area contributed by atoms with E-state index >= 15 is 0 Å². The number of nitrogens with one attached hydrogen (secondary N) is 1. The highest BCUT2D eigenvalue weighted by atomic mass is 79.9. The molecule has 0 aliphatic heterocycles. The molecular formula is C17H20BrNO. The molecule has 0 aliphatic carbocycles. The van der Waals surface area contributed by atoms with E-state index in [1.165, 1.54) is 12.0 Å². The lowest BCUT2D eigenvalue weighted by molar-refractivity contribution is 0.474. The summed E-state index contributed by atoms with van der Waals surface area (Å²) in [5.41, 5.74) is 2.49. The zero-order chi connectivity index (χ0) is 14.4. The van der Waals surface area contributed by atoms with Gasteiger partial charge in [0.25, 0.3) is 0 Å². The summed E-state index contributed by atoms with van der Waals surface area (Å²) in [4.78, 5) is 0. The van der Waals surface area contributed by atoms with Crippen molar-refractivity contribution in [3.8, 4) is 11.5 Å². The van der Waals surface area contributed by atoms with Crippen LogP contribution in [0, 0.1) is 0 Å². The summed E-state index contributed by atoms with van der Waals surface area (Å²) in [5, 5.41) is 3.16. The normalized spacial score (nSPS) is 10.6. The van der Waals surface area contributed by atoms with E-state index in [-0.39, 0.29) is 0 Å². The molecule has 3 heteroatoms. The van der Waals surface area contributed by atoms with E-state index in [1.54, 1.807) is 0 Å². The zero-order valence-corrected chi connectivity index (χ0v) is 13.5. The summed E-state index contributed by atoms with van der Waals surface area (Å²) in [5.74, 6) is 1.77. The summed E-state index contributed by atoms with van der Waals surface area (Å²) in [6.45, 7) is 2.97. The number of benzene rings is 2. The first-order valence-electron chi connectivity index (χ1n) is 6.92. The summed E-state index contributed by atoms with van der Waals surface area (Å²) in [7, 11) is 1.93. The summed E-state index contributed by atoms with van der Waals surface area (Å²) < 4.78 is 7.05. The van der Waals surface area contributed by atoms with Crippen LogP contribution in [0.3, 0.4) is 0 Å². The fourth-order valence-corrected chi connectivity index (χ4v) is 2.52. The Morgan fingerprint density at radius 3 is 2.50 bits per heavy atom. The Labute approximate surface area is 129 Å². The van der Waals surface area contributed by atoms with Crippen molar-refractivity contribution in [2.75, 3.05) is 7.05 Å². The first kappa shape index (κ1) is 15.1. The number of rotatable bonds is 6. The first-order valence-corrected chi connectivity index (χ1v) is 7.72. The van der Waals surface area contributed by atoms with E-state index in [2.05, 4.69) is 46.4 Å². The lowest BCUT2D eigenvalue weighted by atomic mass is 10.1. The molecule has 0 atom stereocenters. The highest BCUT2D eigenvalue weighted by Gasteiger charge is 2.05. The molecule has 0 amide bonds. The van der Waals surface area contributed by atoms with Crippen LogP contribution in [-0.4, -0.2) is 7.05 Å². The molecular weight excluding hydrogens is 314 g/mol. The van der Waals surface area contributed by atoms with Crippen molar-refractivity contribution in [3.63, 3.8) is 0 Å². The molecule has 0 unspecified atom stereocenters. The van der Waals surface area contributed by atoms with Gasteiger partial charge < -0.3 is 10.1 Å². The molecule has 2 aromatic rings. The Morgan fingerprint density at radius 1 is 1.10 bits per heavy atom. The molecule has 0 fully saturated rings. The number of hydrogen-bond donors (Lipinski definition) is 1. The van der Waals surface area contributed by atoms with Gasteiger partial charge in [0.15, 0.2) is 0 Å². The molecule has 1 N–H and O–H groups in total. The van der Waals surface area contributed by atoms with E-state index in [0.29, 0.717) is 0 Å². The molecule has 0 saturated carbocycles. The van der Waals surface area contributed by atoms with Gasteiger partial charge in [-0.1, -0.05) is 41.4 Å². The van der Waals surface area contributed by atoms with Gasteiger partial charge in [-0.05, 0) is 49.4 Å². The van der Waals surface area contributed by atoms with Crippen LogP contribution in [0.15, 0.2) is 46.9 Å². The van der Waals surface area contributed by atoms with Crippen LogP contribution in [-0.2, 0) is 13.0 Å². The van der Waals surface area contributed by atoms with Crippen LogP contribution in [0.4, 0.5) is 0 Å². The molecule has 2 nitrogen and oxygen atoms in total. The van der Waals surface area contributed by atoms with Crippen LogP contribution >= 0.6 is 15.9 Å². The van der Waals surface area contributed by atoms with Crippen molar-refractivity contribution < 1.29 is 4.74 Å². The van der Waals surface area contributed by atoms with E-state index in [9.17, 15) is 0 Å². The molecule has 0 aliphatic rings. The molecule has 0 saturated heterocycles. The third-order valence-corrected chi connectivity index (χ3v) is 3.57. The van der Waals surface area contributed by atoms with E-state index in [4.69, 9.17) is 4.74 Å². The molecule has 0 spiro atoms. The monoisotopic (exact) mass is 333 g/mol. The molecule has 0 aromatic heterocycles. The van der Waals surface area contributed by atoms with Crippen molar-refractivity contribution in [2.45, 2.75) is 26.3 Å². The second-order valence-corrected chi connectivity index (χ2v) is 5.69. The van der Waals surface area contributed by atoms with Gasteiger partial charge in [0.1, 0.15) is 11.5 Å². The highest BCUT2D eigenvalue weighted by Crippen LogP contribution is 2.28. The largest absolute Gasteiger partial charge is 0.457 e. The molecule has 0 bridgehead atoms. The lowest BCUT2D eigenvalue weighted by Crippen LogP contribution is -2.06.